The number of carbonyl (C=O) groups excluding carboxylic acids is 1. The number of anilines is 1. The Morgan fingerprint density at radius 1 is 1.55 bits per heavy atom. The summed E-state index contributed by atoms with van der Waals surface area (Å²) in [4.78, 5) is 44.0. The second kappa shape index (κ2) is 9.04. The monoisotopic (exact) mass is 479 g/mol. The van der Waals surface area contributed by atoms with E-state index in [4.69, 9.17) is 19.3 Å². The molecule has 1 fully saturated rings. The van der Waals surface area contributed by atoms with Crippen molar-refractivity contribution in [3.05, 3.63) is 16.7 Å². The lowest BCUT2D eigenvalue weighted by Crippen LogP contribution is -2.24. The molecule has 2 aromatic heterocycles. The van der Waals surface area contributed by atoms with Gasteiger partial charge in [-0.1, -0.05) is 13.8 Å². The van der Waals surface area contributed by atoms with Gasteiger partial charge in [-0.3, -0.25) is 28.6 Å². The standard InChI is InChI=1S/C14H19N6O9PS/c1-6(2)11(21)18-14-17-10-9(12(22)19-14)16-5-20(10)13-8(29-30(23)24)3-7(28-13)4-27-31(15,25)26/h5-8,13H,3-4H2,1-2H3,(H4-,15,17,18,19,21,22,23,24,25,26)/p+1/t7?,8-,13-/m1/s1. The molecule has 3 heterocycles. The molecule has 0 saturated carbocycles. The fourth-order valence-corrected chi connectivity index (χ4v) is 3.65. The minimum atomic E-state index is -4.23. The van der Waals surface area contributed by atoms with E-state index in [0.29, 0.717) is 0 Å². The van der Waals surface area contributed by atoms with E-state index in [9.17, 15) is 22.6 Å². The van der Waals surface area contributed by atoms with Crippen LogP contribution in [0.2, 0.25) is 0 Å². The zero-order valence-corrected chi connectivity index (χ0v) is 18.0. The van der Waals surface area contributed by atoms with Crippen LogP contribution in [0.25, 0.3) is 11.2 Å². The van der Waals surface area contributed by atoms with Crippen LogP contribution < -0.4 is 16.0 Å². The highest BCUT2D eigenvalue weighted by Gasteiger charge is 2.44. The second-order valence-corrected chi connectivity index (χ2v) is 8.83. The summed E-state index contributed by atoms with van der Waals surface area (Å²) in [7, 11) is -7.27. The van der Waals surface area contributed by atoms with Crippen molar-refractivity contribution in [3.8, 4) is 0 Å². The van der Waals surface area contributed by atoms with Crippen molar-refractivity contribution < 1.29 is 36.1 Å². The molecule has 0 radical (unpaired) electrons. The Morgan fingerprint density at radius 3 is 2.87 bits per heavy atom. The molecule has 0 aromatic carbocycles. The lowest BCUT2D eigenvalue weighted by Gasteiger charge is -2.17. The fraction of sp³-hybridized carbons (Fsp3) is 0.571. The van der Waals surface area contributed by atoms with E-state index in [0.717, 1.165) is 0 Å². The maximum Gasteiger partial charge on any atom is 0.695 e. The number of hydrogen-bond acceptors (Lipinski definition) is 10. The molecule has 1 aliphatic heterocycles. The van der Waals surface area contributed by atoms with Crippen LogP contribution in [0, 0.1) is 5.92 Å². The summed E-state index contributed by atoms with van der Waals surface area (Å²) < 4.78 is 49.8. The molecule has 5 N–H and O–H groups in total. The van der Waals surface area contributed by atoms with Crippen LogP contribution in [0.4, 0.5) is 5.95 Å². The number of rotatable bonds is 8. The number of nitrogens with zero attached hydrogens (tertiary/aromatic N) is 3. The van der Waals surface area contributed by atoms with Gasteiger partial charge in [-0.15, -0.1) is 9.42 Å². The molecule has 2 unspecified atom stereocenters. The number of carbonyl (C=O) groups is 1. The minimum absolute atomic E-state index is 0.00240. The first-order valence-corrected chi connectivity index (χ1v) is 11.5. The van der Waals surface area contributed by atoms with Crippen molar-refractivity contribution in [1.29, 1.82) is 0 Å². The zero-order chi connectivity index (χ0) is 22.9. The quantitative estimate of drug-likeness (QED) is 0.345. The van der Waals surface area contributed by atoms with E-state index in [1.807, 2.05) is 0 Å². The smallest absolute Gasteiger partial charge is 0.349 e. The lowest BCUT2D eigenvalue weighted by molar-refractivity contribution is -0.118. The Balaban J connectivity index is 1.95. The second-order valence-electron chi connectivity index (χ2n) is 6.93. The first-order chi connectivity index (χ1) is 14.4. The van der Waals surface area contributed by atoms with Crippen molar-refractivity contribution in [1.82, 2.24) is 19.5 Å². The van der Waals surface area contributed by atoms with E-state index in [-0.39, 0.29) is 35.4 Å². The molecular formula is C14H20N6O9PS+. The van der Waals surface area contributed by atoms with Gasteiger partial charge in [0.25, 0.3) is 5.56 Å². The van der Waals surface area contributed by atoms with Crippen molar-refractivity contribution in [3.63, 3.8) is 0 Å². The Bertz CT molecular complexity index is 1160. The first kappa shape index (κ1) is 23.3. The van der Waals surface area contributed by atoms with Crippen LogP contribution in [-0.2, 0) is 33.1 Å². The van der Waals surface area contributed by atoms with Gasteiger partial charge in [0.15, 0.2) is 23.5 Å². The van der Waals surface area contributed by atoms with Crippen molar-refractivity contribution in [2.45, 2.75) is 38.7 Å². The van der Waals surface area contributed by atoms with E-state index in [1.165, 1.54) is 10.9 Å². The number of hydrogen-bond donors (Lipinski definition) is 4. The molecule has 15 nitrogen and oxygen atoms in total. The topological polar surface area (TPSA) is 218 Å². The summed E-state index contributed by atoms with van der Waals surface area (Å²) in [5.41, 5.74) is -0.717. The highest BCUT2D eigenvalue weighted by molar-refractivity contribution is 7.84. The Morgan fingerprint density at radius 2 is 2.26 bits per heavy atom. The predicted molar refractivity (Wildman–Crippen MR) is 104 cm³/mol. The zero-order valence-electron chi connectivity index (χ0n) is 16.3. The number of fused-ring (bicyclic) bond motifs is 1. The molecule has 2 aromatic rings. The number of amides is 1. The van der Waals surface area contributed by atoms with Gasteiger partial charge in [-0.25, -0.2) is 10.1 Å². The number of ether oxygens (including phenoxy) is 1. The van der Waals surface area contributed by atoms with Crippen LogP contribution >= 0.6 is 8.25 Å². The lowest BCUT2D eigenvalue weighted by atomic mass is 10.2. The average Bonchev–Trinajstić information content (AvgIpc) is 3.22. The number of nitrogens with one attached hydrogen (secondary N) is 2. The molecule has 0 spiro atoms. The Labute approximate surface area is 176 Å². The van der Waals surface area contributed by atoms with Crippen molar-refractivity contribution >= 4 is 41.6 Å². The molecule has 170 valence electrons. The van der Waals surface area contributed by atoms with Gasteiger partial charge in [0, 0.05) is 16.9 Å². The molecule has 3 rings (SSSR count). The Hall–Kier alpha value is -2.33. The number of aromatic nitrogens is 4. The predicted octanol–water partition coefficient (Wildman–Crippen LogP) is -0.743. The number of nitrogens with two attached hydrogens (primary N) is 1. The van der Waals surface area contributed by atoms with Gasteiger partial charge in [0.05, 0.1) is 19.0 Å². The normalized spacial score (nSPS) is 22.2. The van der Waals surface area contributed by atoms with E-state index in [2.05, 4.69) is 24.5 Å². The first-order valence-electron chi connectivity index (χ1n) is 8.88. The van der Waals surface area contributed by atoms with Crippen LogP contribution in [0.5, 0.6) is 0 Å². The van der Waals surface area contributed by atoms with Crippen LogP contribution in [0.15, 0.2) is 11.1 Å². The molecule has 1 saturated heterocycles. The third-order valence-corrected chi connectivity index (χ3v) is 5.18. The molecule has 4 atom stereocenters. The summed E-state index contributed by atoms with van der Waals surface area (Å²) in [5, 5.41) is 7.27. The van der Waals surface area contributed by atoms with Crippen LogP contribution in [-0.4, -0.2) is 57.6 Å². The summed E-state index contributed by atoms with van der Waals surface area (Å²) in [6, 6.07) is 0. The fourth-order valence-electron chi connectivity index (χ4n) is 2.88. The number of H-pyrrole nitrogens is 1. The third kappa shape index (κ3) is 5.68. The van der Waals surface area contributed by atoms with Crippen LogP contribution in [0.1, 0.15) is 26.5 Å². The van der Waals surface area contributed by atoms with Crippen molar-refractivity contribution in [2.75, 3.05) is 11.9 Å². The van der Waals surface area contributed by atoms with Crippen LogP contribution in [0.3, 0.4) is 0 Å². The molecule has 1 amide bonds. The average molecular weight is 479 g/mol. The van der Waals surface area contributed by atoms with Crippen molar-refractivity contribution in [2.24, 2.45) is 11.1 Å². The van der Waals surface area contributed by atoms with Gasteiger partial charge in [-0.05, 0) is 0 Å². The summed E-state index contributed by atoms with van der Waals surface area (Å²) in [6.07, 6.45) is -1.83. The summed E-state index contributed by atoms with van der Waals surface area (Å²) >= 11 is 0. The Kier molecular flexibility index (Phi) is 6.80. The summed E-state index contributed by atoms with van der Waals surface area (Å²) in [6.45, 7) is 2.85. The SMILES string of the molecule is CC(C)C(=O)Nc1nc2c(ncn2[C@@H]2OC(COS(N)(=O)=O)C[C@H]2O[P+](=O)O)c(=O)[nH]1. The molecular weight excluding hydrogens is 459 g/mol. The van der Waals surface area contributed by atoms with Gasteiger partial charge in [0.1, 0.15) is 0 Å². The van der Waals surface area contributed by atoms with Gasteiger partial charge in [-0.2, -0.15) is 13.4 Å². The van der Waals surface area contributed by atoms with Gasteiger partial charge < -0.3 is 4.74 Å². The molecule has 1 aliphatic rings. The minimum Gasteiger partial charge on any atom is -0.349 e. The third-order valence-electron chi connectivity index (χ3n) is 4.26. The molecule has 17 heteroatoms. The number of imidazole rings is 1. The molecule has 31 heavy (non-hydrogen) atoms. The maximum absolute atomic E-state index is 12.3. The molecule has 0 aliphatic carbocycles. The van der Waals surface area contributed by atoms with E-state index >= 15 is 0 Å². The largest absolute Gasteiger partial charge is 0.695 e. The van der Waals surface area contributed by atoms with Gasteiger partial charge in [0.2, 0.25) is 11.9 Å². The highest BCUT2D eigenvalue weighted by atomic mass is 32.2. The maximum atomic E-state index is 12.3. The summed E-state index contributed by atoms with van der Waals surface area (Å²) in [5.74, 6) is -0.887. The van der Waals surface area contributed by atoms with E-state index < -0.39 is 49.2 Å². The van der Waals surface area contributed by atoms with E-state index in [1.54, 1.807) is 13.8 Å². The van der Waals surface area contributed by atoms with Gasteiger partial charge >= 0.3 is 18.6 Å². The highest BCUT2D eigenvalue weighted by Crippen LogP contribution is 2.37. The molecule has 0 bridgehead atoms. The number of aromatic amines is 1.